The standard InChI is InChI=1S/C9H16N2O2/c10-8-3-6-1-2-11(9(12)13)5-7(6)4-8/h6-8H,1-5,10H2,(H,12,13)/t6-,7-,8-/m1/s1. The van der Waals surface area contributed by atoms with Crippen LogP contribution in [0.25, 0.3) is 0 Å². The van der Waals surface area contributed by atoms with Gasteiger partial charge in [0.15, 0.2) is 0 Å². The summed E-state index contributed by atoms with van der Waals surface area (Å²) in [5.74, 6) is 1.21. The Kier molecular flexibility index (Phi) is 2.15. The molecule has 1 saturated heterocycles. The van der Waals surface area contributed by atoms with Crippen LogP contribution in [0.3, 0.4) is 0 Å². The average molecular weight is 184 g/mol. The van der Waals surface area contributed by atoms with Gasteiger partial charge in [0, 0.05) is 19.1 Å². The van der Waals surface area contributed by atoms with Gasteiger partial charge < -0.3 is 15.7 Å². The molecule has 1 aliphatic carbocycles. The zero-order chi connectivity index (χ0) is 9.42. The molecule has 1 amide bonds. The summed E-state index contributed by atoms with van der Waals surface area (Å²) in [6, 6.07) is 0.309. The number of piperidine rings is 1. The van der Waals surface area contributed by atoms with E-state index in [0.29, 0.717) is 31.0 Å². The lowest BCUT2D eigenvalue weighted by Gasteiger charge is -2.32. The molecule has 2 rings (SSSR count). The van der Waals surface area contributed by atoms with Gasteiger partial charge in [-0.3, -0.25) is 0 Å². The molecule has 2 fully saturated rings. The van der Waals surface area contributed by atoms with E-state index in [2.05, 4.69) is 0 Å². The largest absolute Gasteiger partial charge is 0.465 e. The van der Waals surface area contributed by atoms with Gasteiger partial charge in [0.1, 0.15) is 0 Å². The van der Waals surface area contributed by atoms with Gasteiger partial charge in [-0.2, -0.15) is 0 Å². The number of nitrogens with two attached hydrogens (primary N) is 1. The summed E-state index contributed by atoms with van der Waals surface area (Å²) in [4.78, 5) is 12.2. The third-order valence-electron chi connectivity index (χ3n) is 3.37. The Labute approximate surface area is 77.7 Å². The number of likely N-dealkylation sites (tertiary alicyclic amines) is 1. The van der Waals surface area contributed by atoms with Crippen molar-refractivity contribution in [3.05, 3.63) is 0 Å². The molecule has 0 aromatic heterocycles. The monoisotopic (exact) mass is 184 g/mol. The van der Waals surface area contributed by atoms with Crippen LogP contribution in [0, 0.1) is 11.8 Å². The molecule has 0 bridgehead atoms. The van der Waals surface area contributed by atoms with Crippen molar-refractivity contribution in [2.75, 3.05) is 13.1 Å². The lowest BCUT2D eigenvalue weighted by atomic mass is 9.89. The Morgan fingerprint density at radius 2 is 2.08 bits per heavy atom. The van der Waals surface area contributed by atoms with Crippen LogP contribution in [-0.4, -0.2) is 35.2 Å². The van der Waals surface area contributed by atoms with Crippen molar-refractivity contribution < 1.29 is 9.90 Å². The van der Waals surface area contributed by atoms with Gasteiger partial charge in [0.2, 0.25) is 0 Å². The summed E-state index contributed by atoms with van der Waals surface area (Å²) >= 11 is 0. The molecule has 2 aliphatic rings. The molecule has 1 saturated carbocycles. The van der Waals surface area contributed by atoms with Crippen LogP contribution < -0.4 is 5.73 Å². The Bertz CT molecular complexity index is 220. The van der Waals surface area contributed by atoms with Gasteiger partial charge in [0.05, 0.1) is 0 Å². The van der Waals surface area contributed by atoms with E-state index < -0.39 is 6.09 Å². The zero-order valence-electron chi connectivity index (χ0n) is 7.65. The second kappa shape index (κ2) is 3.18. The Hall–Kier alpha value is -0.770. The molecular weight excluding hydrogens is 168 g/mol. The lowest BCUT2D eigenvalue weighted by molar-refractivity contribution is 0.106. The fourth-order valence-electron chi connectivity index (χ4n) is 2.71. The summed E-state index contributed by atoms with van der Waals surface area (Å²) in [5.41, 5.74) is 5.85. The predicted octanol–water partition coefficient (Wildman–Crippen LogP) is 0.724. The van der Waals surface area contributed by atoms with Crippen molar-refractivity contribution in [2.24, 2.45) is 17.6 Å². The van der Waals surface area contributed by atoms with Crippen LogP contribution in [-0.2, 0) is 0 Å². The van der Waals surface area contributed by atoms with E-state index in [-0.39, 0.29) is 0 Å². The molecule has 4 heteroatoms. The van der Waals surface area contributed by atoms with E-state index in [1.54, 1.807) is 0 Å². The van der Waals surface area contributed by atoms with Crippen LogP contribution in [0.1, 0.15) is 19.3 Å². The van der Waals surface area contributed by atoms with Gasteiger partial charge >= 0.3 is 6.09 Å². The van der Waals surface area contributed by atoms with Gasteiger partial charge in [-0.05, 0) is 31.1 Å². The Balaban J connectivity index is 1.97. The van der Waals surface area contributed by atoms with Crippen LogP contribution in [0.15, 0.2) is 0 Å². The van der Waals surface area contributed by atoms with E-state index in [9.17, 15) is 4.79 Å². The molecular formula is C9H16N2O2. The second-order valence-electron chi connectivity index (χ2n) is 4.27. The van der Waals surface area contributed by atoms with Crippen molar-refractivity contribution in [1.82, 2.24) is 4.90 Å². The molecule has 13 heavy (non-hydrogen) atoms. The number of rotatable bonds is 0. The molecule has 74 valence electrons. The molecule has 3 atom stereocenters. The maximum Gasteiger partial charge on any atom is 0.407 e. The van der Waals surface area contributed by atoms with Crippen LogP contribution in [0.2, 0.25) is 0 Å². The number of nitrogens with zero attached hydrogens (tertiary/aromatic N) is 1. The molecule has 3 N–H and O–H groups in total. The first kappa shape index (κ1) is 8.81. The highest BCUT2D eigenvalue weighted by molar-refractivity contribution is 5.65. The summed E-state index contributed by atoms with van der Waals surface area (Å²) in [7, 11) is 0. The van der Waals surface area contributed by atoms with Crippen LogP contribution >= 0.6 is 0 Å². The van der Waals surface area contributed by atoms with Gasteiger partial charge in [-0.1, -0.05) is 0 Å². The third-order valence-corrected chi connectivity index (χ3v) is 3.37. The van der Waals surface area contributed by atoms with Crippen LogP contribution in [0.5, 0.6) is 0 Å². The fourth-order valence-corrected chi connectivity index (χ4v) is 2.71. The highest BCUT2D eigenvalue weighted by atomic mass is 16.4. The molecule has 1 heterocycles. The lowest BCUT2D eigenvalue weighted by Crippen LogP contribution is -2.41. The fraction of sp³-hybridized carbons (Fsp3) is 0.889. The maximum atomic E-state index is 10.7. The Morgan fingerprint density at radius 3 is 2.77 bits per heavy atom. The summed E-state index contributed by atoms with van der Waals surface area (Å²) in [6.07, 6.45) is 2.33. The van der Waals surface area contributed by atoms with Crippen molar-refractivity contribution in [3.8, 4) is 0 Å². The smallest absolute Gasteiger partial charge is 0.407 e. The predicted molar refractivity (Wildman–Crippen MR) is 48.4 cm³/mol. The topological polar surface area (TPSA) is 66.6 Å². The molecule has 4 nitrogen and oxygen atoms in total. The molecule has 0 aromatic rings. The highest BCUT2D eigenvalue weighted by Crippen LogP contribution is 2.37. The molecule has 0 unspecified atom stereocenters. The first-order valence-electron chi connectivity index (χ1n) is 4.90. The van der Waals surface area contributed by atoms with E-state index in [4.69, 9.17) is 10.8 Å². The minimum Gasteiger partial charge on any atom is -0.465 e. The number of carbonyl (C=O) groups is 1. The summed E-state index contributed by atoms with van der Waals surface area (Å²) < 4.78 is 0. The Morgan fingerprint density at radius 1 is 1.38 bits per heavy atom. The van der Waals surface area contributed by atoms with Gasteiger partial charge in [-0.15, -0.1) is 0 Å². The second-order valence-corrected chi connectivity index (χ2v) is 4.27. The van der Waals surface area contributed by atoms with E-state index in [0.717, 1.165) is 19.3 Å². The van der Waals surface area contributed by atoms with Crippen molar-refractivity contribution in [3.63, 3.8) is 0 Å². The first-order chi connectivity index (χ1) is 6.16. The van der Waals surface area contributed by atoms with E-state index >= 15 is 0 Å². The molecule has 0 radical (unpaired) electrons. The number of hydrogen-bond acceptors (Lipinski definition) is 2. The van der Waals surface area contributed by atoms with Gasteiger partial charge in [0.25, 0.3) is 0 Å². The van der Waals surface area contributed by atoms with E-state index in [1.165, 1.54) is 4.90 Å². The highest BCUT2D eigenvalue weighted by Gasteiger charge is 2.37. The third kappa shape index (κ3) is 1.63. The number of fused-ring (bicyclic) bond motifs is 1. The normalized spacial score (nSPS) is 38.8. The first-order valence-corrected chi connectivity index (χ1v) is 4.90. The minimum absolute atomic E-state index is 0.309. The van der Waals surface area contributed by atoms with Crippen LogP contribution in [0.4, 0.5) is 4.79 Å². The average Bonchev–Trinajstić information content (AvgIpc) is 2.42. The molecule has 0 aromatic carbocycles. The summed E-state index contributed by atoms with van der Waals surface area (Å²) in [5, 5.41) is 8.82. The quantitative estimate of drug-likeness (QED) is 0.583. The van der Waals surface area contributed by atoms with Crippen molar-refractivity contribution >= 4 is 6.09 Å². The molecule has 1 aliphatic heterocycles. The maximum absolute atomic E-state index is 10.7. The van der Waals surface area contributed by atoms with Crippen molar-refractivity contribution in [1.29, 1.82) is 0 Å². The number of hydrogen-bond donors (Lipinski definition) is 2. The summed E-state index contributed by atoms with van der Waals surface area (Å²) in [6.45, 7) is 1.40. The number of amides is 1. The minimum atomic E-state index is -0.779. The zero-order valence-corrected chi connectivity index (χ0v) is 7.65. The molecule has 0 spiro atoms. The SMILES string of the molecule is N[C@@H]1C[C@H]2CCN(C(=O)O)C[C@H]2C1. The van der Waals surface area contributed by atoms with E-state index in [1.807, 2.05) is 0 Å². The van der Waals surface area contributed by atoms with Crippen molar-refractivity contribution in [2.45, 2.75) is 25.3 Å². The number of carboxylic acid groups (broad SMARTS) is 1. The van der Waals surface area contributed by atoms with Gasteiger partial charge in [-0.25, -0.2) is 4.79 Å².